The molecule has 0 spiro atoms. The van der Waals surface area contributed by atoms with Crippen LogP contribution in [0.3, 0.4) is 0 Å². The molecule has 2 aromatic rings. The number of sulfone groups is 1. The average molecular weight is 407 g/mol. The number of nitrogens with one attached hydrogen (secondary N) is 1. The minimum Gasteiger partial charge on any atom is -0.493 e. The molecule has 1 aromatic carbocycles. The third-order valence-corrected chi connectivity index (χ3v) is 6.79. The Morgan fingerprint density at radius 2 is 2.18 bits per heavy atom. The summed E-state index contributed by atoms with van der Waals surface area (Å²) < 4.78 is 32.6. The second-order valence-electron chi connectivity index (χ2n) is 6.86. The molecule has 0 aliphatic carbocycles. The van der Waals surface area contributed by atoms with Crippen LogP contribution >= 0.6 is 0 Å². The van der Waals surface area contributed by atoms with E-state index in [9.17, 15) is 13.2 Å². The first-order valence-corrected chi connectivity index (χ1v) is 11.1. The lowest BCUT2D eigenvalue weighted by atomic mass is 10.0. The van der Waals surface area contributed by atoms with E-state index >= 15 is 0 Å². The zero-order valence-corrected chi connectivity index (χ0v) is 16.9. The van der Waals surface area contributed by atoms with Crippen LogP contribution in [-0.4, -0.2) is 46.4 Å². The largest absolute Gasteiger partial charge is 0.493 e. The van der Waals surface area contributed by atoms with Crippen LogP contribution in [0.5, 0.6) is 5.75 Å². The number of nitrogens with zero attached hydrogens (tertiary/aromatic N) is 4. The second kappa shape index (κ2) is 8.68. The zero-order chi connectivity index (χ0) is 20.1. The molecule has 28 heavy (non-hydrogen) atoms. The fourth-order valence-corrected chi connectivity index (χ4v) is 4.27. The van der Waals surface area contributed by atoms with Crippen LogP contribution in [0.15, 0.2) is 24.3 Å². The summed E-state index contributed by atoms with van der Waals surface area (Å²) >= 11 is 0. The molecule has 1 amide bonds. The van der Waals surface area contributed by atoms with Crippen molar-refractivity contribution < 1.29 is 17.9 Å². The van der Waals surface area contributed by atoms with Crippen molar-refractivity contribution in [2.45, 2.75) is 56.7 Å². The Morgan fingerprint density at radius 3 is 2.96 bits per heavy atom. The Balaban J connectivity index is 1.68. The predicted octanol–water partition coefficient (Wildman–Crippen LogP) is 1.42. The first-order chi connectivity index (χ1) is 13.4. The average Bonchev–Trinajstić information content (AvgIpc) is 3.12. The van der Waals surface area contributed by atoms with Crippen molar-refractivity contribution in [3.63, 3.8) is 0 Å². The van der Waals surface area contributed by atoms with Gasteiger partial charge in [0.2, 0.25) is 5.91 Å². The van der Waals surface area contributed by atoms with Gasteiger partial charge in [0.05, 0.1) is 12.6 Å². The highest BCUT2D eigenvalue weighted by Gasteiger charge is 2.32. The van der Waals surface area contributed by atoms with Crippen LogP contribution in [-0.2, 0) is 26.9 Å². The summed E-state index contributed by atoms with van der Waals surface area (Å²) in [7, 11) is -3.76. The smallest absolute Gasteiger partial charge is 0.238 e. The van der Waals surface area contributed by atoms with E-state index in [-0.39, 0.29) is 17.6 Å². The van der Waals surface area contributed by atoms with E-state index in [1.807, 2.05) is 31.2 Å². The molecule has 0 radical (unpaired) electrons. The van der Waals surface area contributed by atoms with E-state index in [1.54, 1.807) is 0 Å². The van der Waals surface area contributed by atoms with Crippen molar-refractivity contribution in [3.8, 4) is 5.75 Å². The highest BCUT2D eigenvalue weighted by Crippen LogP contribution is 2.31. The molecule has 3 rings (SSSR count). The van der Waals surface area contributed by atoms with Crippen LogP contribution in [0.4, 0.5) is 0 Å². The van der Waals surface area contributed by atoms with Crippen LogP contribution in [0, 0.1) is 0 Å². The van der Waals surface area contributed by atoms with Crippen LogP contribution in [0.2, 0.25) is 0 Å². The number of rotatable bonds is 8. The van der Waals surface area contributed by atoms with E-state index in [0.29, 0.717) is 25.3 Å². The zero-order valence-electron chi connectivity index (χ0n) is 16.0. The van der Waals surface area contributed by atoms with Crippen molar-refractivity contribution >= 4 is 15.7 Å². The number of unbranched alkanes of at least 4 members (excludes halogenated alkanes) is 1. The molecule has 0 fully saturated rings. The number of amides is 1. The van der Waals surface area contributed by atoms with E-state index in [0.717, 1.165) is 18.4 Å². The van der Waals surface area contributed by atoms with E-state index in [2.05, 4.69) is 20.8 Å². The minimum atomic E-state index is -3.76. The maximum atomic E-state index is 12.8. The van der Waals surface area contributed by atoms with Gasteiger partial charge in [-0.05, 0) is 29.8 Å². The quantitative estimate of drug-likeness (QED) is 0.703. The van der Waals surface area contributed by atoms with Crippen molar-refractivity contribution in [3.05, 3.63) is 35.7 Å². The molecule has 0 saturated carbocycles. The van der Waals surface area contributed by atoms with E-state index in [1.165, 1.54) is 11.6 Å². The Bertz CT molecular complexity index is 928. The first-order valence-electron chi connectivity index (χ1n) is 9.41. The van der Waals surface area contributed by atoms with Crippen LogP contribution in [0.25, 0.3) is 0 Å². The van der Waals surface area contributed by atoms with Gasteiger partial charge in [0, 0.05) is 18.5 Å². The van der Waals surface area contributed by atoms with Crippen LogP contribution in [0.1, 0.15) is 50.5 Å². The van der Waals surface area contributed by atoms with Gasteiger partial charge in [-0.2, -0.15) is 0 Å². The number of para-hydroxylation sites is 1. The molecular formula is C18H25N5O4S. The molecule has 2 unspecified atom stereocenters. The molecular weight excluding hydrogens is 382 g/mol. The van der Waals surface area contributed by atoms with Crippen molar-refractivity contribution in [2.24, 2.45) is 0 Å². The lowest BCUT2D eigenvalue weighted by Crippen LogP contribution is -2.41. The van der Waals surface area contributed by atoms with Crippen LogP contribution < -0.4 is 10.1 Å². The molecule has 1 aliphatic heterocycles. The van der Waals surface area contributed by atoms with Gasteiger partial charge >= 0.3 is 0 Å². The Hall–Kier alpha value is -2.49. The fraction of sp³-hybridized carbons (Fsp3) is 0.556. The number of hydrogen-bond donors (Lipinski definition) is 1. The second-order valence-corrected chi connectivity index (χ2v) is 9.18. The van der Waals surface area contributed by atoms with Crippen molar-refractivity contribution in [1.29, 1.82) is 0 Å². The maximum Gasteiger partial charge on any atom is 0.238 e. The molecule has 0 bridgehead atoms. The summed E-state index contributed by atoms with van der Waals surface area (Å²) in [5.74, 6) is 0.0614. The number of fused-ring (bicyclic) bond motifs is 1. The molecule has 152 valence electrons. The predicted molar refractivity (Wildman–Crippen MR) is 102 cm³/mol. The Morgan fingerprint density at radius 1 is 1.39 bits per heavy atom. The summed E-state index contributed by atoms with van der Waals surface area (Å²) in [6, 6.07) is 7.16. The number of carbonyl (C=O) groups is 1. The van der Waals surface area contributed by atoms with Gasteiger partial charge in [-0.1, -0.05) is 31.5 Å². The van der Waals surface area contributed by atoms with Gasteiger partial charge in [-0.25, -0.2) is 13.1 Å². The van der Waals surface area contributed by atoms with Gasteiger partial charge in [-0.15, -0.1) is 5.10 Å². The molecule has 1 aromatic heterocycles. The highest BCUT2D eigenvalue weighted by molar-refractivity contribution is 7.92. The molecule has 1 N–H and O–H groups in total. The van der Waals surface area contributed by atoms with Gasteiger partial charge < -0.3 is 10.1 Å². The lowest BCUT2D eigenvalue weighted by molar-refractivity contribution is -0.121. The molecule has 2 heterocycles. The number of tetrazole rings is 1. The number of carbonyl (C=O) groups excluding carboxylic acids is 1. The normalized spacial score (nSPS) is 17.4. The SMILES string of the molecule is CCCCn1nnnc1CS(=O)(=O)C(C)C(=O)NC1CCOc2ccccc21. The maximum absolute atomic E-state index is 12.8. The number of hydrogen-bond acceptors (Lipinski definition) is 7. The standard InChI is InChI=1S/C18H25N5O4S/c1-3-4-10-23-17(20-21-22-23)12-28(25,26)13(2)18(24)19-15-9-11-27-16-8-6-5-7-14(15)16/h5-8,13,15H,3-4,9-12H2,1-2H3,(H,19,24). The number of aryl methyl sites for hydroxylation is 1. The molecule has 0 saturated heterocycles. The number of ether oxygens (including phenoxy) is 1. The summed E-state index contributed by atoms with van der Waals surface area (Å²) in [5.41, 5.74) is 0.857. The van der Waals surface area contributed by atoms with E-state index in [4.69, 9.17) is 4.74 Å². The van der Waals surface area contributed by atoms with Crippen molar-refractivity contribution in [1.82, 2.24) is 25.5 Å². The number of benzene rings is 1. The lowest BCUT2D eigenvalue weighted by Gasteiger charge is -2.27. The summed E-state index contributed by atoms with van der Waals surface area (Å²) in [5, 5.41) is 12.9. The summed E-state index contributed by atoms with van der Waals surface area (Å²) in [6.45, 7) is 4.45. The third kappa shape index (κ3) is 4.49. The minimum absolute atomic E-state index is 0.254. The third-order valence-electron chi connectivity index (χ3n) is 4.84. The Kier molecular flexibility index (Phi) is 6.28. The monoisotopic (exact) mass is 407 g/mol. The Labute approximate surface area is 164 Å². The molecule has 1 aliphatic rings. The summed E-state index contributed by atoms with van der Waals surface area (Å²) in [4.78, 5) is 12.7. The first kappa shape index (κ1) is 20.2. The molecule has 9 nitrogen and oxygen atoms in total. The van der Waals surface area contributed by atoms with E-state index < -0.39 is 21.0 Å². The van der Waals surface area contributed by atoms with Gasteiger partial charge in [-0.3, -0.25) is 4.79 Å². The number of aromatic nitrogens is 4. The molecule has 2 atom stereocenters. The van der Waals surface area contributed by atoms with Gasteiger partial charge in [0.1, 0.15) is 16.8 Å². The summed E-state index contributed by atoms with van der Waals surface area (Å²) in [6.07, 6.45) is 2.37. The van der Waals surface area contributed by atoms with Gasteiger partial charge in [0.25, 0.3) is 0 Å². The fourth-order valence-electron chi connectivity index (χ4n) is 3.06. The van der Waals surface area contributed by atoms with Crippen molar-refractivity contribution in [2.75, 3.05) is 6.61 Å². The highest BCUT2D eigenvalue weighted by atomic mass is 32.2. The molecule has 10 heteroatoms. The van der Waals surface area contributed by atoms with Gasteiger partial charge in [0.15, 0.2) is 15.7 Å². The topological polar surface area (TPSA) is 116 Å².